The summed E-state index contributed by atoms with van der Waals surface area (Å²) < 4.78 is 39.1. The van der Waals surface area contributed by atoms with Crippen molar-refractivity contribution in [2.75, 3.05) is 31.1 Å². The predicted molar refractivity (Wildman–Crippen MR) is 99.3 cm³/mol. The van der Waals surface area contributed by atoms with Gasteiger partial charge in [0.05, 0.1) is 15.4 Å². The molecule has 1 fully saturated rings. The number of nitro groups is 2. The van der Waals surface area contributed by atoms with Gasteiger partial charge in [0.2, 0.25) is 0 Å². The van der Waals surface area contributed by atoms with Crippen LogP contribution in [-0.4, -0.2) is 46.8 Å². The molecule has 1 aliphatic heterocycles. The van der Waals surface area contributed by atoms with Crippen LogP contribution >= 0.6 is 0 Å². The van der Waals surface area contributed by atoms with Crippen molar-refractivity contribution in [3.05, 3.63) is 73.8 Å². The van der Waals surface area contributed by atoms with E-state index in [9.17, 15) is 38.2 Å². The molecule has 0 bridgehead atoms. The SMILES string of the molecule is O=C(c1ccccc1)N1CCN(c2c([N+](=O)[O-])cc(C(F)(F)F)cc2[N+](=O)[O-])CC1. The third-order valence-corrected chi connectivity index (χ3v) is 4.69. The number of nitrogens with zero attached hydrogens (tertiary/aromatic N) is 4. The Kier molecular flexibility index (Phi) is 5.58. The lowest BCUT2D eigenvalue weighted by atomic mass is 10.1. The zero-order valence-corrected chi connectivity index (χ0v) is 15.3. The van der Waals surface area contributed by atoms with Crippen molar-refractivity contribution in [1.29, 1.82) is 0 Å². The minimum atomic E-state index is -4.98. The molecule has 1 saturated heterocycles. The Balaban J connectivity index is 1.92. The Morgan fingerprint density at radius 2 is 1.40 bits per heavy atom. The maximum Gasteiger partial charge on any atom is 0.416 e. The Labute approximate surface area is 167 Å². The largest absolute Gasteiger partial charge is 0.416 e. The van der Waals surface area contributed by atoms with Gasteiger partial charge in [-0.1, -0.05) is 18.2 Å². The zero-order chi connectivity index (χ0) is 22.1. The number of nitro benzene ring substituents is 2. The molecule has 0 atom stereocenters. The normalized spacial score (nSPS) is 14.5. The lowest BCUT2D eigenvalue weighted by molar-refractivity contribution is -0.393. The molecule has 30 heavy (non-hydrogen) atoms. The molecule has 12 heteroatoms. The van der Waals surface area contributed by atoms with Crippen molar-refractivity contribution in [1.82, 2.24) is 4.90 Å². The first-order valence-electron chi connectivity index (χ1n) is 8.73. The molecule has 0 aliphatic carbocycles. The molecule has 2 aromatic rings. The maximum atomic E-state index is 13.0. The van der Waals surface area contributed by atoms with Crippen molar-refractivity contribution in [3.8, 4) is 0 Å². The summed E-state index contributed by atoms with van der Waals surface area (Å²) in [5.74, 6) is -0.272. The summed E-state index contributed by atoms with van der Waals surface area (Å²) in [6.07, 6.45) is -4.98. The summed E-state index contributed by atoms with van der Waals surface area (Å²) in [6.45, 7) is 0.184. The number of halogens is 3. The smallest absolute Gasteiger partial charge is 0.357 e. The number of alkyl halides is 3. The monoisotopic (exact) mass is 424 g/mol. The number of amides is 1. The molecule has 1 heterocycles. The molecule has 0 aromatic heterocycles. The summed E-state index contributed by atoms with van der Waals surface area (Å²) in [6, 6.07) is 8.97. The molecule has 158 valence electrons. The molecule has 0 spiro atoms. The molecule has 1 aliphatic rings. The van der Waals surface area contributed by atoms with Crippen LogP contribution < -0.4 is 4.90 Å². The highest BCUT2D eigenvalue weighted by Gasteiger charge is 2.40. The number of piperazine rings is 1. The van der Waals surface area contributed by atoms with E-state index in [0.717, 1.165) is 0 Å². The first-order chi connectivity index (χ1) is 14.1. The average molecular weight is 424 g/mol. The first-order valence-corrected chi connectivity index (χ1v) is 8.73. The minimum Gasteiger partial charge on any atom is -0.357 e. The molecular formula is C18H15F3N4O5. The third kappa shape index (κ3) is 4.16. The van der Waals surface area contributed by atoms with Crippen molar-refractivity contribution in [2.24, 2.45) is 0 Å². The molecule has 0 saturated carbocycles. The van der Waals surface area contributed by atoms with Crippen molar-refractivity contribution in [3.63, 3.8) is 0 Å². The summed E-state index contributed by atoms with van der Waals surface area (Å²) >= 11 is 0. The van der Waals surface area contributed by atoms with Gasteiger partial charge in [0, 0.05) is 43.9 Å². The molecule has 3 rings (SSSR count). The van der Waals surface area contributed by atoms with E-state index in [2.05, 4.69) is 0 Å². The van der Waals surface area contributed by atoms with Gasteiger partial charge < -0.3 is 9.80 Å². The van der Waals surface area contributed by atoms with E-state index < -0.39 is 38.6 Å². The van der Waals surface area contributed by atoms with Gasteiger partial charge in [0.25, 0.3) is 17.3 Å². The molecule has 0 N–H and O–H groups in total. The van der Waals surface area contributed by atoms with Gasteiger partial charge in [-0.05, 0) is 12.1 Å². The molecule has 1 amide bonds. The Hall–Kier alpha value is -3.70. The number of rotatable bonds is 4. The highest BCUT2D eigenvalue weighted by Crippen LogP contribution is 2.43. The molecule has 0 unspecified atom stereocenters. The van der Waals surface area contributed by atoms with E-state index in [-0.39, 0.29) is 32.1 Å². The van der Waals surface area contributed by atoms with Gasteiger partial charge in [-0.25, -0.2) is 0 Å². The Bertz CT molecular complexity index is 954. The fourth-order valence-electron chi connectivity index (χ4n) is 3.27. The van der Waals surface area contributed by atoms with E-state index >= 15 is 0 Å². The van der Waals surface area contributed by atoms with Crippen LogP contribution in [0.3, 0.4) is 0 Å². The van der Waals surface area contributed by atoms with Crippen molar-refractivity contribution >= 4 is 23.0 Å². The zero-order valence-electron chi connectivity index (χ0n) is 15.3. The van der Waals surface area contributed by atoms with Crippen LogP contribution in [0.5, 0.6) is 0 Å². The van der Waals surface area contributed by atoms with E-state index in [4.69, 9.17) is 0 Å². The maximum absolute atomic E-state index is 13.0. The summed E-state index contributed by atoms with van der Waals surface area (Å²) in [4.78, 5) is 35.9. The quantitative estimate of drug-likeness (QED) is 0.549. The second kappa shape index (κ2) is 7.97. The Morgan fingerprint density at radius 3 is 1.83 bits per heavy atom. The van der Waals surface area contributed by atoms with Gasteiger partial charge in [0.1, 0.15) is 0 Å². The highest BCUT2D eigenvalue weighted by molar-refractivity contribution is 5.94. The van der Waals surface area contributed by atoms with E-state index in [1.807, 2.05) is 0 Å². The second-order valence-corrected chi connectivity index (χ2v) is 6.52. The lowest BCUT2D eigenvalue weighted by Crippen LogP contribution is -2.49. The number of carbonyl (C=O) groups excluding carboxylic acids is 1. The third-order valence-electron chi connectivity index (χ3n) is 4.69. The molecular weight excluding hydrogens is 409 g/mol. The van der Waals surface area contributed by atoms with Gasteiger partial charge >= 0.3 is 6.18 Å². The molecule has 0 radical (unpaired) electrons. The second-order valence-electron chi connectivity index (χ2n) is 6.52. The molecule has 9 nitrogen and oxygen atoms in total. The summed E-state index contributed by atoms with van der Waals surface area (Å²) in [5, 5.41) is 22.8. The fraction of sp³-hybridized carbons (Fsp3) is 0.278. The lowest BCUT2D eigenvalue weighted by Gasteiger charge is -2.35. The van der Waals surface area contributed by atoms with Gasteiger partial charge in [-0.2, -0.15) is 13.2 Å². The highest BCUT2D eigenvalue weighted by atomic mass is 19.4. The van der Waals surface area contributed by atoms with Gasteiger partial charge in [-0.15, -0.1) is 0 Å². The summed E-state index contributed by atoms with van der Waals surface area (Å²) in [7, 11) is 0. The van der Waals surface area contributed by atoms with Crippen LogP contribution in [0.15, 0.2) is 42.5 Å². The van der Waals surface area contributed by atoms with Crippen LogP contribution in [0.4, 0.5) is 30.2 Å². The number of hydrogen-bond acceptors (Lipinski definition) is 6. The topological polar surface area (TPSA) is 110 Å². The average Bonchev–Trinajstić information content (AvgIpc) is 2.72. The number of anilines is 1. The molecule has 2 aromatic carbocycles. The number of hydrogen-bond donors (Lipinski definition) is 0. The predicted octanol–water partition coefficient (Wildman–Crippen LogP) is 3.48. The number of carbonyl (C=O) groups is 1. The Morgan fingerprint density at radius 1 is 0.900 bits per heavy atom. The van der Waals surface area contributed by atoms with E-state index in [1.165, 1.54) is 9.80 Å². The minimum absolute atomic E-state index is 0.00832. The van der Waals surface area contributed by atoms with Gasteiger partial charge in [0.15, 0.2) is 5.69 Å². The number of benzene rings is 2. The van der Waals surface area contributed by atoms with Crippen molar-refractivity contribution in [2.45, 2.75) is 6.18 Å². The fourth-order valence-corrected chi connectivity index (χ4v) is 3.27. The summed E-state index contributed by atoms with van der Waals surface area (Å²) in [5.41, 5.74) is -3.52. The van der Waals surface area contributed by atoms with Crippen LogP contribution in [0.25, 0.3) is 0 Å². The van der Waals surface area contributed by atoms with Crippen LogP contribution in [0, 0.1) is 20.2 Å². The first kappa shape index (κ1) is 21.0. The van der Waals surface area contributed by atoms with E-state index in [1.54, 1.807) is 30.3 Å². The standard InChI is InChI=1S/C18H15F3N4O5/c19-18(20,21)13-10-14(24(27)28)16(15(11-13)25(29)30)22-6-8-23(9-7-22)17(26)12-4-2-1-3-5-12/h1-5,10-11H,6-9H2. The van der Waals surface area contributed by atoms with Crippen LogP contribution in [0.2, 0.25) is 0 Å². The van der Waals surface area contributed by atoms with E-state index in [0.29, 0.717) is 17.7 Å². The van der Waals surface area contributed by atoms with Crippen molar-refractivity contribution < 1.29 is 27.8 Å². The van der Waals surface area contributed by atoms with Crippen LogP contribution in [0.1, 0.15) is 15.9 Å². The van der Waals surface area contributed by atoms with Crippen LogP contribution in [-0.2, 0) is 6.18 Å². The van der Waals surface area contributed by atoms with Gasteiger partial charge in [-0.3, -0.25) is 25.0 Å².